The second-order valence-corrected chi connectivity index (χ2v) is 9.69. The second-order valence-electron chi connectivity index (χ2n) is 7.39. The second kappa shape index (κ2) is 4.38. The highest BCUT2D eigenvalue weighted by Crippen LogP contribution is 2.69. The van der Waals surface area contributed by atoms with Gasteiger partial charge in [-0.15, -0.1) is 0 Å². The molecule has 4 aliphatic rings. The van der Waals surface area contributed by atoms with Crippen molar-refractivity contribution in [2.45, 2.75) is 42.0 Å². The van der Waals surface area contributed by atoms with E-state index in [1.165, 1.54) is 14.2 Å². The first-order chi connectivity index (χ1) is 11.2. The summed E-state index contributed by atoms with van der Waals surface area (Å²) in [5.74, 6) is -1.48. The number of carbonyl (C=O) groups excluding carboxylic acids is 2. The number of hydrogen-bond acceptors (Lipinski definition) is 6. The van der Waals surface area contributed by atoms with Gasteiger partial charge in [-0.2, -0.15) is 0 Å². The number of hydrogen-bond donors (Lipinski definition) is 0. The third-order valence-electron chi connectivity index (χ3n) is 6.32. The minimum atomic E-state index is -1.15. The summed E-state index contributed by atoms with van der Waals surface area (Å²) in [6.45, 7) is 5.68. The molecule has 0 spiro atoms. The van der Waals surface area contributed by atoms with E-state index in [0.29, 0.717) is 0 Å². The van der Waals surface area contributed by atoms with E-state index in [9.17, 15) is 13.8 Å². The Morgan fingerprint density at radius 3 is 2.25 bits per heavy atom. The molecule has 130 valence electrons. The van der Waals surface area contributed by atoms with Crippen LogP contribution in [0.2, 0.25) is 0 Å². The Morgan fingerprint density at radius 2 is 1.67 bits per heavy atom. The minimum absolute atomic E-state index is 0.138. The molecule has 7 heteroatoms. The van der Waals surface area contributed by atoms with Gasteiger partial charge in [-0.1, -0.05) is 12.2 Å². The van der Waals surface area contributed by atoms with Crippen molar-refractivity contribution in [3.8, 4) is 0 Å². The molecule has 2 fully saturated rings. The molecule has 24 heavy (non-hydrogen) atoms. The molecule has 0 aromatic heterocycles. The summed E-state index contributed by atoms with van der Waals surface area (Å²) < 4.78 is 28.0. The maximum atomic E-state index is 13.1. The van der Waals surface area contributed by atoms with Crippen molar-refractivity contribution in [2.24, 2.45) is 11.8 Å². The van der Waals surface area contributed by atoms with E-state index in [4.69, 9.17) is 14.2 Å². The number of fused-ring (bicyclic) bond motifs is 9. The van der Waals surface area contributed by atoms with Gasteiger partial charge in [-0.3, -0.25) is 4.21 Å². The summed E-state index contributed by atoms with van der Waals surface area (Å²) in [6.07, 6.45) is 3.35. The van der Waals surface area contributed by atoms with Crippen LogP contribution < -0.4 is 0 Å². The van der Waals surface area contributed by atoms with Gasteiger partial charge in [0.2, 0.25) is 0 Å². The lowest BCUT2D eigenvalue weighted by Gasteiger charge is -2.40. The van der Waals surface area contributed by atoms with Crippen LogP contribution in [0.3, 0.4) is 0 Å². The average molecular weight is 352 g/mol. The molecular formula is C17H20O6S. The SMILES string of the molecule is COC(=O)C1=C(C(=O)OC)[C@]2(C)O[C@H]1[C@@H]1[C@H]2[C@]2(C)C=C[C@@]1(C)S2=O. The Hall–Kier alpha value is -1.47. The first-order valence-electron chi connectivity index (χ1n) is 7.88. The van der Waals surface area contributed by atoms with Crippen LogP contribution in [-0.4, -0.2) is 51.6 Å². The Bertz CT molecular complexity index is 769. The van der Waals surface area contributed by atoms with Crippen LogP contribution in [0.25, 0.3) is 0 Å². The van der Waals surface area contributed by atoms with Crippen molar-refractivity contribution in [1.82, 2.24) is 0 Å². The zero-order valence-electron chi connectivity index (χ0n) is 14.2. The van der Waals surface area contributed by atoms with Gasteiger partial charge in [0.1, 0.15) is 5.60 Å². The first kappa shape index (κ1) is 16.0. The van der Waals surface area contributed by atoms with Gasteiger partial charge in [-0.25, -0.2) is 9.59 Å². The molecule has 0 saturated carbocycles. The Kier molecular flexibility index (Phi) is 2.92. The number of ether oxygens (including phenoxy) is 3. The first-order valence-corrected chi connectivity index (χ1v) is 9.03. The van der Waals surface area contributed by atoms with Gasteiger partial charge < -0.3 is 14.2 Å². The van der Waals surface area contributed by atoms with Gasteiger partial charge in [0, 0.05) is 22.6 Å². The van der Waals surface area contributed by atoms with E-state index in [-0.39, 0.29) is 23.0 Å². The van der Waals surface area contributed by atoms with Crippen molar-refractivity contribution in [3.05, 3.63) is 23.3 Å². The lowest BCUT2D eigenvalue weighted by atomic mass is 9.59. The highest BCUT2D eigenvalue weighted by atomic mass is 32.2. The molecule has 4 heterocycles. The van der Waals surface area contributed by atoms with Crippen LogP contribution in [0.5, 0.6) is 0 Å². The molecule has 0 radical (unpaired) electrons. The summed E-state index contributed by atoms with van der Waals surface area (Å²) in [5, 5.41) is 0. The molecule has 0 aromatic rings. The van der Waals surface area contributed by atoms with Gasteiger partial charge in [0.15, 0.2) is 0 Å². The Labute approximate surface area is 142 Å². The molecule has 0 aromatic carbocycles. The molecule has 4 bridgehead atoms. The Morgan fingerprint density at radius 1 is 1.08 bits per heavy atom. The van der Waals surface area contributed by atoms with Crippen molar-refractivity contribution < 1.29 is 28.0 Å². The number of esters is 2. The molecule has 2 saturated heterocycles. The van der Waals surface area contributed by atoms with E-state index in [1.54, 1.807) is 6.92 Å². The summed E-state index contributed by atoms with van der Waals surface area (Å²) in [5.41, 5.74) is -0.583. The van der Waals surface area contributed by atoms with Crippen molar-refractivity contribution in [3.63, 3.8) is 0 Å². The third kappa shape index (κ3) is 1.41. The maximum absolute atomic E-state index is 13.1. The molecular weight excluding hydrogens is 332 g/mol. The average Bonchev–Trinajstić information content (AvgIpc) is 3.17. The van der Waals surface area contributed by atoms with Crippen molar-refractivity contribution in [1.29, 1.82) is 0 Å². The van der Waals surface area contributed by atoms with E-state index < -0.39 is 43.9 Å². The van der Waals surface area contributed by atoms with E-state index in [0.717, 1.165) is 0 Å². The normalized spacial score (nSPS) is 50.4. The van der Waals surface area contributed by atoms with Crippen LogP contribution >= 0.6 is 0 Å². The van der Waals surface area contributed by atoms with Crippen LogP contribution in [-0.2, 0) is 34.6 Å². The Balaban J connectivity index is 1.97. The molecule has 7 atom stereocenters. The van der Waals surface area contributed by atoms with Gasteiger partial charge in [0.05, 0.1) is 41.0 Å². The van der Waals surface area contributed by atoms with Crippen molar-refractivity contribution >= 4 is 22.7 Å². The number of carbonyl (C=O) groups is 2. The number of rotatable bonds is 2. The summed E-state index contributed by atoms with van der Waals surface area (Å²) in [6, 6.07) is 0. The smallest absolute Gasteiger partial charge is 0.337 e. The summed E-state index contributed by atoms with van der Waals surface area (Å²) in [7, 11) is 1.40. The molecule has 0 N–H and O–H groups in total. The van der Waals surface area contributed by atoms with Crippen LogP contribution in [0.15, 0.2) is 23.3 Å². The highest BCUT2D eigenvalue weighted by Gasteiger charge is 2.79. The van der Waals surface area contributed by atoms with Gasteiger partial charge >= 0.3 is 11.9 Å². The fraction of sp³-hybridized carbons (Fsp3) is 0.647. The zero-order chi connectivity index (χ0) is 17.7. The highest BCUT2D eigenvalue weighted by molar-refractivity contribution is 7.89. The monoisotopic (exact) mass is 352 g/mol. The maximum Gasteiger partial charge on any atom is 0.337 e. The largest absolute Gasteiger partial charge is 0.466 e. The summed E-state index contributed by atoms with van der Waals surface area (Å²) in [4.78, 5) is 24.8. The van der Waals surface area contributed by atoms with Gasteiger partial charge in [0.25, 0.3) is 0 Å². The molecule has 4 rings (SSSR count). The molecule has 0 aliphatic carbocycles. The molecule has 0 amide bonds. The lowest BCUT2D eigenvalue weighted by Crippen LogP contribution is -2.50. The van der Waals surface area contributed by atoms with E-state index in [2.05, 4.69) is 0 Å². The fourth-order valence-corrected chi connectivity index (χ4v) is 7.89. The van der Waals surface area contributed by atoms with Gasteiger partial charge in [-0.05, 0) is 20.8 Å². The summed E-state index contributed by atoms with van der Waals surface area (Å²) >= 11 is 0. The third-order valence-corrected chi connectivity index (χ3v) is 8.72. The lowest BCUT2D eigenvalue weighted by molar-refractivity contribution is -0.140. The topological polar surface area (TPSA) is 78.9 Å². The predicted molar refractivity (Wildman–Crippen MR) is 85.4 cm³/mol. The van der Waals surface area contributed by atoms with E-state index in [1.807, 2.05) is 26.0 Å². The van der Waals surface area contributed by atoms with Crippen LogP contribution in [0, 0.1) is 11.8 Å². The number of methoxy groups -OCH3 is 2. The van der Waals surface area contributed by atoms with Crippen LogP contribution in [0.4, 0.5) is 0 Å². The molecule has 6 nitrogen and oxygen atoms in total. The van der Waals surface area contributed by atoms with E-state index >= 15 is 0 Å². The van der Waals surface area contributed by atoms with Crippen molar-refractivity contribution in [2.75, 3.05) is 14.2 Å². The molecule has 4 aliphatic heterocycles. The molecule has 1 unspecified atom stereocenters. The predicted octanol–water partition coefficient (Wildman–Crippen LogP) is 0.882. The fourth-order valence-electron chi connectivity index (χ4n) is 5.45. The standard InChI is InChI=1S/C17H20O6S/c1-15-6-7-16(2,24(15)20)12-10(15)11-8(13(18)21-4)9(14(19)22-5)17(12,3)23-11/h6-7,10-12H,1-5H3/t10-,11-,12+,15-,16+,17+,24?/m1/s1. The van der Waals surface area contributed by atoms with Crippen LogP contribution in [0.1, 0.15) is 20.8 Å². The minimum Gasteiger partial charge on any atom is -0.466 e. The zero-order valence-corrected chi connectivity index (χ0v) is 15.1. The quantitative estimate of drug-likeness (QED) is 0.542.